The van der Waals surface area contributed by atoms with Crippen LogP contribution in [0.15, 0.2) is 24.3 Å². The number of carbonyl (C=O) groups is 3. The fraction of sp³-hybridized carbons (Fsp3) is 0.316. The molecule has 0 aliphatic heterocycles. The summed E-state index contributed by atoms with van der Waals surface area (Å²) in [5.41, 5.74) is 1.55. The molecule has 0 aliphatic carbocycles. The second-order valence-corrected chi connectivity index (χ2v) is 7.06. The number of esters is 1. The van der Waals surface area contributed by atoms with Crippen LogP contribution in [-0.2, 0) is 9.53 Å². The van der Waals surface area contributed by atoms with E-state index in [1.807, 2.05) is 6.92 Å². The standard InChI is InChI=1S/C19H20FNO4S/c1-11-12(2)26-18(21-13(3)22)17(11)19(24)25-10-4-5-16(23)14-6-8-15(20)9-7-14/h6-9H,4-5,10H2,1-3H3,(H,21,22). The molecule has 1 aromatic carbocycles. The topological polar surface area (TPSA) is 72.5 Å². The molecule has 2 rings (SSSR count). The number of hydrogen-bond donors (Lipinski definition) is 1. The number of ether oxygens (including phenoxy) is 1. The SMILES string of the molecule is CC(=O)Nc1sc(C)c(C)c1C(=O)OCCCC(=O)c1ccc(F)cc1. The van der Waals surface area contributed by atoms with Gasteiger partial charge in [0.2, 0.25) is 5.91 Å². The number of hydrogen-bond acceptors (Lipinski definition) is 5. The van der Waals surface area contributed by atoms with Crippen molar-refractivity contribution in [2.24, 2.45) is 0 Å². The first kappa shape index (κ1) is 19.8. The lowest BCUT2D eigenvalue weighted by Gasteiger charge is -2.07. The van der Waals surface area contributed by atoms with E-state index in [1.54, 1.807) is 6.92 Å². The molecular formula is C19H20FNO4S. The van der Waals surface area contributed by atoms with Crippen LogP contribution in [0.5, 0.6) is 0 Å². The molecule has 0 spiro atoms. The van der Waals surface area contributed by atoms with Gasteiger partial charge in [-0.3, -0.25) is 9.59 Å². The zero-order valence-corrected chi connectivity index (χ0v) is 15.7. The highest BCUT2D eigenvalue weighted by atomic mass is 32.1. The van der Waals surface area contributed by atoms with Crippen LogP contribution in [0.2, 0.25) is 0 Å². The molecule has 1 N–H and O–H groups in total. The third-order valence-corrected chi connectivity index (χ3v) is 4.95. The molecule has 0 unspecified atom stereocenters. The number of ketones is 1. The molecule has 138 valence electrons. The Morgan fingerprint density at radius 1 is 1.15 bits per heavy atom. The lowest BCUT2D eigenvalue weighted by atomic mass is 10.1. The monoisotopic (exact) mass is 377 g/mol. The Bertz CT molecular complexity index is 827. The van der Waals surface area contributed by atoms with Gasteiger partial charge in [0.15, 0.2) is 5.78 Å². The number of benzene rings is 1. The molecule has 0 fully saturated rings. The maximum Gasteiger partial charge on any atom is 0.341 e. The highest BCUT2D eigenvalue weighted by Gasteiger charge is 2.21. The summed E-state index contributed by atoms with van der Waals surface area (Å²) in [6.07, 6.45) is 0.554. The summed E-state index contributed by atoms with van der Waals surface area (Å²) in [6.45, 7) is 5.12. The minimum atomic E-state index is -0.523. The van der Waals surface area contributed by atoms with E-state index in [1.165, 1.54) is 42.5 Å². The lowest BCUT2D eigenvalue weighted by Crippen LogP contribution is -2.13. The van der Waals surface area contributed by atoms with Crippen molar-refractivity contribution in [2.45, 2.75) is 33.6 Å². The molecule has 0 aliphatic rings. The Kier molecular flexibility index (Phi) is 6.63. The molecule has 0 radical (unpaired) electrons. The fourth-order valence-electron chi connectivity index (χ4n) is 2.37. The smallest absolute Gasteiger partial charge is 0.341 e. The number of carbonyl (C=O) groups excluding carboxylic acids is 3. The fourth-order valence-corrected chi connectivity index (χ4v) is 3.47. The van der Waals surface area contributed by atoms with Crippen molar-refractivity contribution in [1.82, 2.24) is 0 Å². The third-order valence-electron chi connectivity index (χ3n) is 3.83. The Morgan fingerprint density at radius 2 is 1.81 bits per heavy atom. The number of halogens is 1. The molecule has 1 amide bonds. The van der Waals surface area contributed by atoms with E-state index < -0.39 is 11.8 Å². The molecule has 1 heterocycles. The summed E-state index contributed by atoms with van der Waals surface area (Å²) in [5, 5.41) is 3.12. The van der Waals surface area contributed by atoms with E-state index in [-0.39, 0.29) is 24.7 Å². The minimum Gasteiger partial charge on any atom is -0.462 e. The normalized spacial score (nSPS) is 10.5. The number of rotatable bonds is 7. The zero-order chi connectivity index (χ0) is 19.3. The van der Waals surface area contributed by atoms with Crippen LogP contribution in [-0.4, -0.2) is 24.3 Å². The number of amides is 1. The zero-order valence-electron chi connectivity index (χ0n) is 14.8. The Hall–Kier alpha value is -2.54. The molecular weight excluding hydrogens is 357 g/mol. The van der Waals surface area contributed by atoms with E-state index >= 15 is 0 Å². The Balaban J connectivity index is 1.90. The molecule has 2 aromatic rings. The maximum atomic E-state index is 12.9. The molecule has 0 bridgehead atoms. The summed E-state index contributed by atoms with van der Waals surface area (Å²) in [5.74, 6) is -1.32. The van der Waals surface area contributed by atoms with Crippen LogP contribution in [0.4, 0.5) is 9.39 Å². The van der Waals surface area contributed by atoms with Crippen LogP contribution >= 0.6 is 11.3 Å². The van der Waals surface area contributed by atoms with Gasteiger partial charge in [0.1, 0.15) is 10.8 Å². The Labute approximate surface area is 155 Å². The van der Waals surface area contributed by atoms with Gasteiger partial charge in [-0.05, 0) is 50.1 Å². The molecule has 26 heavy (non-hydrogen) atoms. The van der Waals surface area contributed by atoms with Crippen LogP contribution in [0, 0.1) is 19.7 Å². The van der Waals surface area contributed by atoms with E-state index in [9.17, 15) is 18.8 Å². The first-order valence-corrected chi connectivity index (χ1v) is 8.94. The van der Waals surface area contributed by atoms with Gasteiger partial charge in [0, 0.05) is 23.8 Å². The van der Waals surface area contributed by atoms with Gasteiger partial charge in [-0.2, -0.15) is 0 Å². The molecule has 0 atom stereocenters. The number of Topliss-reactive ketones (excluding diaryl/α,β-unsaturated/α-hetero) is 1. The summed E-state index contributed by atoms with van der Waals surface area (Å²) < 4.78 is 18.1. The Morgan fingerprint density at radius 3 is 2.42 bits per heavy atom. The van der Waals surface area contributed by atoms with E-state index in [2.05, 4.69) is 5.32 Å². The van der Waals surface area contributed by atoms with Crippen LogP contribution in [0.1, 0.15) is 50.9 Å². The summed E-state index contributed by atoms with van der Waals surface area (Å²) in [6, 6.07) is 5.33. The molecule has 7 heteroatoms. The van der Waals surface area contributed by atoms with Crippen LogP contribution < -0.4 is 5.32 Å². The lowest BCUT2D eigenvalue weighted by molar-refractivity contribution is -0.114. The van der Waals surface area contributed by atoms with E-state index in [4.69, 9.17) is 4.74 Å². The second-order valence-electron chi connectivity index (χ2n) is 5.84. The maximum absolute atomic E-state index is 12.9. The van der Waals surface area contributed by atoms with Gasteiger partial charge in [-0.25, -0.2) is 9.18 Å². The van der Waals surface area contributed by atoms with Gasteiger partial charge < -0.3 is 10.1 Å². The van der Waals surface area contributed by atoms with Crippen molar-refractivity contribution in [3.8, 4) is 0 Å². The second kappa shape index (κ2) is 8.71. The van der Waals surface area contributed by atoms with Crippen molar-refractivity contribution in [3.63, 3.8) is 0 Å². The highest BCUT2D eigenvalue weighted by molar-refractivity contribution is 7.16. The minimum absolute atomic E-state index is 0.0830. The van der Waals surface area contributed by atoms with E-state index in [0.717, 1.165) is 10.4 Å². The molecule has 5 nitrogen and oxygen atoms in total. The van der Waals surface area contributed by atoms with Crippen molar-refractivity contribution >= 4 is 34.0 Å². The first-order valence-electron chi connectivity index (χ1n) is 8.13. The van der Waals surface area contributed by atoms with Crippen LogP contribution in [0.3, 0.4) is 0 Å². The molecule has 0 saturated heterocycles. The van der Waals surface area contributed by atoms with Gasteiger partial charge in [0.25, 0.3) is 0 Å². The average molecular weight is 377 g/mol. The van der Waals surface area contributed by atoms with E-state index in [0.29, 0.717) is 22.5 Å². The number of nitrogens with one attached hydrogen (secondary N) is 1. The average Bonchev–Trinajstić information content (AvgIpc) is 2.85. The van der Waals surface area contributed by atoms with Gasteiger partial charge in [-0.1, -0.05) is 0 Å². The van der Waals surface area contributed by atoms with Crippen LogP contribution in [0.25, 0.3) is 0 Å². The van der Waals surface area contributed by atoms with Crippen molar-refractivity contribution < 1.29 is 23.5 Å². The number of anilines is 1. The number of thiophene rings is 1. The summed E-state index contributed by atoms with van der Waals surface area (Å²) in [7, 11) is 0. The summed E-state index contributed by atoms with van der Waals surface area (Å²) in [4.78, 5) is 36.5. The van der Waals surface area contributed by atoms with Crippen molar-refractivity contribution in [1.29, 1.82) is 0 Å². The van der Waals surface area contributed by atoms with Gasteiger partial charge in [-0.15, -0.1) is 11.3 Å². The third kappa shape index (κ3) is 4.98. The molecule has 0 saturated carbocycles. The first-order chi connectivity index (χ1) is 12.3. The van der Waals surface area contributed by atoms with Gasteiger partial charge in [0.05, 0.1) is 12.2 Å². The van der Waals surface area contributed by atoms with Gasteiger partial charge >= 0.3 is 5.97 Å². The molecule has 1 aromatic heterocycles. The highest BCUT2D eigenvalue weighted by Crippen LogP contribution is 2.33. The largest absolute Gasteiger partial charge is 0.462 e. The number of aryl methyl sites for hydroxylation is 1. The van der Waals surface area contributed by atoms with Crippen molar-refractivity contribution in [3.05, 3.63) is 51.7 Å². The summed E-state index contributed by atoms with van der Waals surface area (Å²) >= 11 is 1.32. The predicted molar refractivity (Wildman–Crippen MR) is 98.3 cm³/mol. The van der Waals surface area contributed by atoms with Crippen molar-refractivity contribution in [2.75, 3.05) is 11.9 Å². The predicted octanol–water partition coefficient (Wildman–Crippen LogP) is 4.28. The quantitative estimate of drug-likeness (QED) is 0.444.